The van der Waals surface area contributed by atoms with Crippen molar-refractivity contribution in [3.05, 3.63) is 0 Å². The molecule has 4 saturated heterocycles. The number of carboxylic acid groups (broad SMARTS) is 1. The van der Waals surface area contributed by atoms with Gasteiger partial charge in [-0.25, -0.2) is 9.78 Å². The van der Waals surface area contributed by atoms with Gasteiger partial charge >= 0.3 is 11.9 Å². The van der Waals surface area contributed by atoms with E-state index in [0.29, 0.717) is 18.8 Å². The van der Waals surface area contributed by atoms with Crippen LogP contribution in [0.15, 0.2) is 0 Å². The third-order valence-electron chi connectivity index (χ3n) is 8.99. The third-order valence-corrected chi connectivity index (χ3v) is 8.99. The van der Waals surface area contributed by atoms with Gasteiger partial charge in [0.1, 0.15) is 12.1 Å². The lowest BCUT2D eigenvalue weighted by molar-refractivity contribution is -0.576. The summed E-state index contributed by atoms with van der Waals surface area (Å²) in [4.78, 5) is 61.0. The van der Waals surface area contributed by atoms with E-state index in [-0.39, 0.29) is 36.5 Å². The second-order valence-electron chi connectivity index (χ2n) is 12.6. The molecule has 0 unspecified atom stereocenters. The zero-order valence-corrected chi connectivity index (χ0v) is 24.3. The third kappa shape index (κ3) is 6.14. The molecule has 1 aliphatic carbocycles. The van der Waals surface area contributed by atoms with Crippen LogP contribution in [-0.4, -0.2) is 64.9 Å². The van der Waals surface area contributed by atoms with E-state index in [4.69, 9.17) is 29.1 Å². The predicted octanol–water partition coefficient (Wildman–Crippen LogP) is 2.64. The average Bonchev–Trinajstić information content (AvgIpc) is 3.10. The van der Waals surface area contributed by atoms with Crippen molar-refractivity contribution < 1.29 is 48.3 Å². The maximum Gasteiger partial charge on any atom is 0.325 e. The molecule has 12 heteroatoms. The van der Waals surface area contributed by atoms with Gasteiger partial charge in [-0.15, -0.1) is 0 Å². The number of nitrogens with one attached hydrogen (secondary N) is 2. The van der Waals surface area contributed by atoms with Crippen molar-refractivity contribution in [3.8, 4) is 0 Å². The zero-order chi connectivity index (χ0) is 29.4. The molecular weight excluding hydrogens is 524 g/mol. The largest absolute Gasteiger partial charge is 0.480 e. The minimum Gasteiger partial charge on any atom is -0.480 e. The molecule has 0 aromatic carbocycles. The number of rotatable bonds is 10. The number of aliphatic carboxylic acids is 1. The Kier molecular flexibility index (Phi) is 9.13. The molecule has 12 nitrogen and oxygen atoms in total. The van der Waals surface area contributed by atoms with E-state index >= 15 is 0 Å². The number of hydrogen-bond acceptors (Lipinski definition) is 9. The lowest BCUT2D eigenvalue weighted by Crippen LogP contribution is -2.70. The Morgan fingerprint density at radius 1 is 1.00 bits per heavy atom. The Bertz CT molecular complexity index is 990. The number of carboxylic acids is 1. The van der Waals surface area contributed by atoms with Crippen molar-refractivity contribution in [2.45, 2.75) is 123 Å². The molecule has 1 spiro atoms. The first-order valence-electron chi connectivity index (χ1n) is 14.5. The van der Waals surface area contributed by atoms with E-state index in [1.54, 1.807) is 0 Å². The molecule has 0 radical (unpaired) electrons. The number of esters is 1. The molecule has 4 heterocycles. The van der Waals surface area contributed by atoms with Gasteiger partial charge in [0.2, 0.25) is 23.9 Å². The van der Waals surface area contributed by atoms with Crippen LogP contribution >= 0.6 is 0 Å². The highest BCUT2D eigenvalue weighted by molar-refractivity contribution is 5.91. The normalized spacial score (nSPS) is 38.0. The Morgan fingerprint density at radius 2 is 1.73 bits per heavy atom. The maximum atomic E-state index is 12.8. The second-order valence-corrected chi connectivity index (χ2v) is 12.6. The summed E-state index contributed by atoms with van der Waals surface area (Å²) < 4.78 is 18.3. The van der Waals surface area contributed by atoms with Crippen LogP contribution in [0.25, 0.3) is 0 Å². The Hall–Kier alpha value is -2.28. The summed E-state index contributed by atoms with van der Waals surface area (Å²) in [5.41, 5.74) is -0.764. The first kappa shape index (κ1) is 30.7. The molecule has 2 amide bonds. The molecule has 5 fully saturated rings. The van der Waals surface area contributed by atoms with Crippen LogP contribution in [0.2, 0.25) is 0 Å². The van der Waals surface area contributed by atoms with Crippen molar-refractivity contribution in [1.29, 1.82) is 0 Å². The first-order valence-corrected chi connectivity index (χ1v) is 14.5. The molecule has 226 valence electrons. The van der Waals surface area contributed by atoms with Crippen LogP contribution in [0.5, 0.6) is 0 Å². The molecule has 5 rings (SSSR count). The SMILES string of the molecule is CC(C)C[C@H](NC(=O)CCC(=O)O[C@@H]1O[C@H]2O[C@@]3(C)CC[C@H]4[C@H](C)CC[C@H]([C@@H]1C)[C@@]24OO3)C(=O)N[C@@H](C)C(=O)O. The van der Waals surface area contributed by atoms with Gasteiger partial charge in [0.05, 0.1) is 6.42 Å². The zero-order valence-electron chi connectivity index (χ0n) is 24.3. The summed E-state index contributed by atoms with van der Waals surface area (Å²) in [6.45, 7) is 11.1. The molecule has 40 heavy (non-hydrogen) atoms. The fourth-order valence-corrected chi connectivity index (χ4v) is 6.76. The summed E-state index contributed by atoms with van der Waals surface area (Å²) in [7, 11) is 0. The van der Waals surface area contributed by atoms with Crippen LogP contribution < -0.4 is 10.6 Å². The number of hydrogen-bond donors (Lipinski definition) is 3. The number of ether oxygens (including phenoxy) is 3. The quantitative estimate of drug-likeness (QED) is 0.264. The van der Waals surface area contributed by atoms with E-state index < -0.39 is 59.8 Å². The summed E-state index contributed by atoms with van der Waals surface area (Å²) in [6, 6.07) is -2.02. The minimum atomic E-state index is -1.18. The maximum absolute atomic E-state index is 12.8. The van der Waals surface area contributed by atoms with Gasteiger partial charge in [0, 0.05) is 24.7 Å². The molecule has 10 atom stereocenters. The smallest absolute Gasteiger partial charge is 0.325 e. The second kappa shape index (κ2) is 11.9. The molecule has 1 saturated carbocycles. The van der Waals surface area contributed by atoms with E-state index in [0.717, 1.165) is 19.3 Å². The molecule has 5 aliphatic rings. The number of fused-ring (bicyclic) bond motifs is 2. The molecule has 3 N–H and O–H groups in total. The summed E-state index contributed by atoms with van der Waals surface area (Å²) in [5.74, 6) is -3.33. The molecule has 2 bridgehead atoms. The highest BCUT2D eigenvalue weighted by Gasteiger charge is 2.69. The fraction of sp³-hybridized carbons (Fsp3) is 0.857. The average molecular weight is 569 g/mol. The van der Waals surface area contributed by atoms with E-state index in [2.05, 4.69) is 17.6 Å². The number of carbonyl (C=O) groups is 4. The van der Waals surface area contributed by atoms with Gasteiger partial charge in [-0.2, -0.15) is 0 Å². The highest BCUT2D eigenvalue weighted by Crippen LogP contribution is 2.60. The van der Waals surface area contributed by atoms with Crippen molar-refractivity contribution in [2.75, 3.05) is 0 Å². The highest BCUT2D eigenvalue weighted by atomic mass is 17.3. The standard InChI is InChI=1S/C28H44N2O10/c1-14(2)13-20(23(33)29-17(5)24(34)35)30-21(31)9-10-22(32)36-25-16(4)19-8-7-15(3)18-11-12-27(6)38-26(37-25)28(18,19)40-39-27/h14-20,25-26H,7-13H2,1-6H3,(H,29,33)(H,30,31)(H,34,35)/t15-,16+,17+,18+,19-,20+,25-,26+,27-,28-/m1/s1. The van der Waals surface area contributed by atoms with Gasteiger partial charge < -0.3 is 30.0 Å². The van der Waals surface area contributed by atoms with E-state index in [1.807, 2.05) is 27.7 Å². The Morgan fingerprint density at radius 3 is 2.40 bits per heavy atom. The summed E-state index contributed by atoms with van der Waals surface area (Å²) in [5, 5.41) is 14.1. The van der Waals surface area contributed by atoms with Gasteiger partial charge in [-0.1, -0.05) is 27.7 Å². The summed E-state index contributed by atoms with van der Waals surface area (Å²) >= 11 is 0. The van der Waals surface area contributed by atoms with Crippen LogP contribution in [0.1, 0.15) is 86.5 Å². The van der Waals surface area contributed by atoms with Crippen molar-refractivity contribution in [2.24, 2.45) is 29.6 Å². The van der Waals surface area contributed by atoms with Crippen molar-refractivity contribution in [3.63, 3.8) is 0 Å². The summed E-state index contributed by atoms with van der Waals surface area (Å²) in [6.07, 6.45) is 1.75. The number of carbonyl (C=O) groups excluding carboxylic acids is 3. The van der Waals surface area contributed by atoms with E-state index in [9.17, 15) is 19.2 Å². The monoisotopic (exact) mass is 568 g/mol. The molecule has 0 aromatic heterocycles. The predicted molar refractivity (Wildman–Crippen MR) is 139 cm³/mol. The van der Waals surface area contributed by atoms with Crippen molar-refractivity contribution >= 4 is 23.8 Å². The van der Waals surface area contributed by atoms with Crippen LogP contribution in [0.3, 0.4) is 0 Å². The van der Waals surface area contributed by atoms with Gasteiger partial charge in [0.25, 0.3) is 0 Å². The van der Waals surface area contributed by atoms with Crippen LogP contribution in [0, 0.1) is 29.6 Å². The lowest BCUT2D eigenvalue weighted by Gasteiger charge is -2.59. The topological polar surface area (TPSA) is 159 Å². The lowest BCUT2D eigenvalue weighted by atomic mass is 9.58. The Balaban J connectivity index is 1.35. The molecular formula is C28H44N2O10. The fourth-order valence-electron chi connectivity index (χ4n) is 6.76. The minimum absolute atomic E-state index is 0.000281. The number of amides is 2. The van der Waals surface area contributed by atoms with Crippen LogP contribution in [-0.2, 0) is 43.2 Å². The van der Waals surface area contributed by atoms with Crippen molar-refractivity contribution in [1.82, 2.24) is 10.6 Å². The van der Waals surface area contributed by atoms with Gasteiger partial charge in [-0.05, 0) is 57.3 Å². The molecule has 4 aliphatic heterocycles. The van der Waals surface area contributed by atoms with Gasteiger partial charge in [-0.3, -0.25) is 19.2 Å². The van der Waals surface area contributed by atoms with Crippen LogP contribution in [0.4, 0.5) is 0 Å². The first-order chi connectivity index (χ1) is 18.8. The van der Waals surface area contributed by atoms with E-state index in [1.165, 1.54) is 6.92 Å². The Labute approximate surface area is 235 Å². The van der Waals surface area contributed by atoms with Gasteiger partial charge in [0.15, 0.2) is 11.9 Å². The molecule has 0 aromatic rings.